The van der Waals surface area contributed by atoms with Crippen molar-refractivity contribution in [3.8, 4) is 5.75 Å². The van der Waals surface area contributed by atoms with Gasteiger partial charge in [-0.05, 0) is 43.9 Å². The maximum Gasteiger partial charge on any atom is 0.261 e. The summed E-state index contributed by atoms with van der Waals surface area (Å²) in [4.78, 5) is 29.5. The third-order valence-corrected chi connectivity index (χ3v) is 5.38. The number of benzene rings is 1. The molecule has 1 aromatic carbocycles. The van der Waals surface area contributed by atoms with E-state index in [-0.39, 0.29) is 24.1 Å². The van der Waals surface area contributed by atoms with E-state index in [0.29, 0.717) is 16.7 Å². The zero-order valence-corrected chi connectivity index (χ0v) is 15.0. The van der Waals surface area contributed by atoms with E-state index in [1.165, 1.54) is 12.8 Å². The van der Waals surface area contributed by atoms with Crippen LogP contribution in [-0.2, 0) is 17.8 Å². The van der Waals surface area contributed by atoms with E-state index in [4.69, 9.17) is 4.74 Å². The lowest BCUT2D eigenvalue weighted by Crippen LogP contribution is -2.36. The van der Waals surface area contributed by atoms with Crippen LogP contribution < -0.4 is 15.6 Å². The van der Waals surface area contributed by atoms with E-state index < -0.39 is 0 Å². The van der Waals surface area contributed by atoms with Crippen molar-refractivity contribution in [2.45, 2.75) is 64.0 Å². The quantitative estimate of drug-likeness (QED) is 0.915. The Morgan fingerprint density at radius 2 is 2.04 bits per heavy atom. The monoisotopic (exact) mass is 355 g/mol. The second-order valence-corrected chi connectivity index (χ2v) is 7.31. The molecule has 4 rings (SSSR count). The Labute approximate surface area is 152 Å². The van der Waals surface area contributed by atoms with Crippen molar-refractivity contribution in [3.05, 3.63) is 34.4 Å². The molecule has 6 heteroatoms. The molecule has 1 aliphatic heterocycles. The van der Waals surface area contributed by atoms with Gasteiger partial charge in [-0.25, -0.2) is 4.98 Å². The first-order valence-corrected chi connectivity index (χ1v) is 9.66. The van der Waals surface area contributed by atoms with Crippen LogP contribution in [-0.4, -0.2) is 28.1 Å². The number of carbonyl (C=O) groups is 1. The minimum Gasteiger partial charge on any atom is -0.484 e. The van der Waals surface area contributed by atoms with Gasteiger partial charge in [0, 0.05) is 19.0 Å². The average molecular weight is 355 g/mol. The van der Waals surface area contributed by atoms with Crippen molar-refractivity contribution in [1.29, 1.82) is 0 Å². The minimum absolute atomic E-state index is 0.00671. The van der Waals surface area contributed by atoms with Crippen molar-refractivity contribution >= 4 is 16.8 Å². The third kappa shape index (κ3) is 3.59. The second kappa shape index (κ2) is 7.48. The standard InChI is InChI=1S/C20H25N3O3/c24-19(21-14-6-3-4-7-14)13-26-15-9-10-17-16(12-15)20(25)23-11-5-1-2-8-18(23)22-17/h9-10,12,14H,1-8,11,13H2,(H,21,24). The van der Waals surface area contributed by atoms with Gasteiger partial charge in [0.05, 0.1) is 10.9 Å². The van der Waals surface area contributed by atoms with Crippen molar-refractivity contribution in [2.75, 3.05) is 6.61 Å². The SMILES string of the molecule is O=C(COc1ccc2nc3n(c(=O)c2c1)CCCCC3)NC1CCCC1. The zero-order chi connectivity index (χ0) is 17.9. The van der Waals surface area contributed by atoms with Crippen LogP contribution in [0.25, 0.3) is 10.9 Å². The van der Waals surface area contributed by atoms with E-state index in [0.717, 1.165) is 50.9 Å². The highest BCUT2D eigenvalue weighted by atomic mass is 16.5. The van der Waals surface area contributed by atoms with Crippen molar-refractivity contribution < 1.29 is 9.53 Å². The Balaban J connectivity index is 1.50. The molecule has 2 aromatic rings. The Morgan fingerprint density at radius 3 is 2.88 bits per heavy atom. The molecule has 138 valence electrons. The maximum atomic E-state index is 12.8. The molecule has 0 atom stereocenters. The maximum absolute atomic E-state index is 12.8. The fourth-order valence-corrected chi connectivity index (χ4v) is 3.98. The summed E-state index contributed by atoms with van der Waals surface area (Å²) >= 11 is 0. The Hall–Kier alpha value is -2.37. The van der Waals surface area contributed by atoms with Crippen molar-refractivity contribution in [2.24, 2.45) is 0 Å². The Kier molecular flexibility index (Phi) is 4.91. The van der Waals surface area contributed by atoms with E-state index in [9.17, 15) is 9.59 Å². The van der Waals surface area contributed by atoms with Crippen LogP contribution >= 0.6 is 0 Å². The fraction of sp³-hybridized carbons (Fsp3) is 0.550. The minimum atomic E-state index is -0.103. The van der Waals surface area contributed by atoms with Gasteiger partial charge in [0.1, 0.15) is 11.6 Å². The molecule has 1 saturated carbocycles. The summed E-state index contributed by atoms with van der Waals surface area (Å²) in [5.74, 6) is 1.31. The Bertz CT molecular complexity index is 868. The zero-order valence-electron chi connectivity index (χ0n) is 15.0. The van der Waals surface area contributed by atoms with Crippen LogP contribution in [0.3, 0.4) is 0 Å². The lowest BCUT2D eigenvalue weighted by Gasteiger charge is -2.13. The molecule has 1 N–H and O–H groups in total. The van der Waals surface area contributed by atoms with Crippen LogP contribution in [0.1, 0.15) is 50.8 Å². The molecule has 1 fully saturated rings. The van der Waals surface area contributed by atoms with Crippen LogP contribution in [0.5, 0.6) is 5.75 Å². The highest BCUT2D eigenvalue weighted by Crippen LogP contribution is 2.20. The number of hydrogen-bond acceptors (Lipinski definition) is 4. The average Bonchev–Trinajstić information content (AvgIpc) is 3.03. The number of hydrogen-bond donors (Lipinski definition) is 1. The van der Waals surface area contributed by atoms with Gasteiger partial charge in [0.2, 0.25) is 0 Å². The number of ether oxygens (including phenoxy) is 1. The van der Waals surface area contributed by atoms with Crippen LogP contribution in [0.4, 0.5) is 0 Å². The molecule has 0 spiro atoms. The van der Waals surface area contributed by atoms with Crippen LogP contribution in [0.15, 0.2) is 23.0 Å². The number of nitrogens with zero attached hydrogens (tertiary/aromatic N) is 2. The van der Waals surface area contributed by atoms with Crippen molar-refractivity contribution in [1.82, 2.24) is 14.9 Å². The summed E-state index contributed by atoms with van der Waals surface area (Å²) in [6.45, 7) is 0.702. The molecular weight excluding hydrogens is 330 g/mol. The summed E-state index contributed by atoms with van der Waals surface area (Å²) in [5, 5.41) is 3.56. The fourth-order valence-electron chi connectivity index (χ4n) is 3.98. The highest BCUT2D eigenvalue weighted by molar-refractivity contribution is 5.80. The first-order chi connectivity index (χ1) is 12.7. The molecule has 0 saturated heterocycles. The molecule has 6 nitrogen and oxygen atoms in total. The topological polar surface area (TPSA) is 73.2 Å². The number of aromatic nitrogens is 2. The lowest BCUT2D eigenvalue weighted by molar-refractivity contribution is -0.123. The van der Waals surface area contributed by atoms with Gasteiger partial charge >= 0.3 is 0 Å². The molecule has 0 radical (unpaired) electrons. The molecular formula is C20H25N3O3. The highest BCUT2D eigenvalue weighted by Gasteiger charge is 2.18. The largest absolute Gasteiger partial charge is 0.484 e. The van der Waals surface area contributed by atoms with Gasteiger partial charge in [-0.2, -0.15) is 0 Å². The predicted molar refractivity (Wildman–Crippen MR) is 99.5 cm³/mol. The summed E-state index contributed by atoms with van der Waals surface area (Å²) in [5.41, 5.74) is 0.693. The summed E-state index contributed by atoms with van der Waals surface area (Å²) in [6.07, 6.45) is 8.53. The summed E-state index contributed by atoms with van der Waals surface area (Å²) < 4.78 is 7.42. The second-order valence-electron chi connectivity index (χ2n) is 7.31. The number of fused-ring (bicyclic) bond motifs is 2. The Morgan fingerprint density at radius 1 is 1.19 bits per heavy atom. The van der Waals surface area contributed by atoms with Gasteiger partial charge in [-0.1, -0.05) is 19.3 Å². The molecule has 1 aromatic heterocycles. The van der Waals surface area contributed by atoms with Crippen molar-refractivity contribution in [3.63, 3.8) is 0 Å². The van der Waals surface area contributed by atoms with Crippen LogP contribution in [0, 0.1) is 0 Å². The summed E-state index contributed by atoms with van der Waals surface area (Å²) in [7, 11) is 0. The molecule has 0 bridgehead atoms. The van der Waals surface area contributed by atoms with Crippen LogP contribution in [0.2, 0.25) is 0 Å². The molecule has 2 heterocycles. The van der Waals surface area contributed by atoms with Gasteiger partial charge < -0.3 is 10.1 Å². The molecule has 26 heavy (non-hydrogen) atoms. The normalized spacial score (nSPS) is 17.7. The smallest absolute Gasteiger partial charge is 0.261 e. The van der Waals surface area contributed by atoms with Gasteiger partial charge in [-0.15, -0.1) is 0 Å². The van der Waals surface area contributed by atoms with Gasteiger partial charge in [0.25, 0.3) is 11.5 Å². The van der Waals surface area contributed by atoms with Gasteiger partial charge in [0.15, 0.2) is 6.61 Å². The molecule has 1 aliphatic carbocycles. The molecule has 2 aliphatic rings. The first kappa shape index (κ1) is 17.1. The molecule has 0 unspecified atom stereocenters. The van der Waals surface area contributed by atoms with Gasteiger partial charge in [-0.3, -0.25) is 14.2 Å². The number of aryl methyl sites for hydroxylation is 1. The summed E-state index contributed by atoms with van der Waals surface area (Å²) in [6, 6.07) is 5.59. The van der Waals surface area contributed by atoms with E-state index >= 15 is 0 Å². The van der Waals surface area contributed by atoms with E-state index in [1.54, 1.807) is 16.7 Å². The number of carbonyl (C=O) groups excluding carboxylic acids is 1. The number of amides is 1. The third-order valence-electron chi connectivity index (χ3n) is 5.38. The van der Waals surface area contributed by atoms with E-state index in [1.807, 2.05) is 6.07 Å². The first-order valence-electron chi connectivity index (χ1n) is 9.66. The number of rotatable bonds is 4. The number of nitrogens with one attached hydrogen (secondary N) is 1. The van der Waals surface area contributed by atoms with E-state index in [2.05, 4.69) is 10.3 Å². The lowest BCUT2D eigenvalue weighted by atomic mass is 10.2. The predicted octanol–water partition coefficient (Wildman–Crippen LogP) is 2.56. The molecule has 1 amide bonds.